The molecule has 0 spiro atoms. The maximum Gasteiger partial charge on any atom is 0.256 e. The number of amides is 2. The molecule has 1 N–H and O–H groups in total. The molecule has 178 valence electrons. The van der Waals surface area contributed by atoms with E-state index >= 15 is 0 Å². The van der Waals surface area contributed by atoms with Crippen LogP contribution in [-0.4, -0.2) is 63.1 Å². The summed E-state index contributed by atoms with van der Waals surface area (Å²) in [4.78, 5) is 32.0. The first-order chi connectivity index (χ1) is 15.9. The van der Waals surface area contributed by atoms with Gasteiger partial charge in [0.15, 0.2) is 0 Å². The van der Waals surface area contributed by atoms with Crippen molar-refractivity contribution in [1.82, 2.24) is 4.90 Å². The van der Waals surface area contributed by atoms with Crippen molar-refractivity contribution in [3.8, 4) is 5.75 Å². The van der Waals surface area contributed by atoms with E-state index in [1.54, 1.807) is 7.11 Å². The van der Waals surface area contributed by atoms with E-state index in [1.807, 2.05) is 69.0 Å². The van der Waals surface area contributed by atoms with Crippen molar-refractivity contribution in [3.05, 3.63) is 48.0 Å². The van der Waals surface area contributed by atoms with E-state index in [1.165, 1.54) is 0 Å². The zero-order valence-corrected chi connectivity index (χ0v) is 20.4. The summed E-state index contributed by atoms with van der Waals surface area (Å²) in [5, 5.41) is 2.93. The molecule has 7 nitrogen and oxygen atoms in total. The SMILES string of the molecule is CCN(CC)C(=O)c1cc(NC(=O)C(C)C)ccc1N1CCN(c2ccccc2OC)CC1. The lowest BCUT2D eigenvalue weighted by Crippen LogP contribution is -2.47. The average molecular weight is 453 g/mol. The summed E-state index contributed by atoms with van der Waals surface area (Å²) in [5.41, 5.74) is 3.28. The molecule has 1 aliphatic rings. The van der Waals surface area contributed by atoms with Gasteiger partial charge in [0.2, 0.25) is 5.91 Å². The van der Waals surface area contributed by atoms with E-state index in [0.29, 0.717) is 24.3 Å². The van der Waals surface area contributed by atoms with Gasteiger partial charge in [-0.15, -0.1) is 0 Å². The van der Waals surface area contributed by atoms with Crippen molar-refractivity contribution in [2.24, 2.45) is 5.92 Å². The number of piperazine rings is 1. The lowest BCUT2D eigenvalue weighted by Gasteiger charge is -2.38. The molecule has 0 atom stereocenters. The highest BCUT2D eigenvalue weighted by Gasteiger charge is 2.25. The van der Waals surface area contributed by atoms with Crippen LogP contribution in [0.3, 0.4) is 0 Å². The first-order valence-electron chi connectivity index (χ1n) is 11.8. The fourth-order valence-corrected chi connectivity index (χ4v) is 4.11. The van der Waals surface area contributed by atoms with Crippen LogP contribution in [0.5, 0.6) is 5.75 Å². The first-order valence-corrected chi connectivity index (χ1v) is 11.8. The number of carbonyl (C=O) groups is 2. The Hall–Kier alpha value is -3.22. The molecule has 0 radical (unpaired) electrons. The summed E-state index contributed by atoms with van der Waals surface area (Å²) < 4.78 is 5.53. The maximum absolute atomic E-state index is 13.4. The van der Waals surface area contributed by atoms with Crippen molar-refractivity contribution in [2.75, 3.05) is 61.5 Å². The molecule has 0 bridgehead atoms. The zero-order valence-electron chi connectivity index (χ0n) is 20.4. The highest BCUT2D eigenvalue weighted by Crippen LogP contribution is 2.31. The van der Waals surface area contributed by atoms with Crippen molar-refractivity contribution >= 4 is 28.9 Å². The summed E-state index contributed by atoms with van der Waals surface area (Å²) in [7, 11) is 1.69. The third kappa shape index (κ3) is 5.59. The zero-order chi connectivity index (χ0) is 24.0. The predicted octanol–water partition coefficient (Wildman–Crippen LogP) is 4.10. The summed E-state index contributed by atoms with van der Waals surface area (Å²) in [6, 6.07) is 13.7. The van der Waals surface area contributed by atoms with Crippen LogP contribution >= 0.6 is 0 Å². The second-order valence-electron chi connectivity index (χ2n) is 8.50. The van der Waals surface area contributed by atoms with Gasteiger partial charge in [-0.2, -0.15) is 0 Å². The molecule has 0 aliphatic carbocycles. The lowest BCUT2D eigenvalue weighted by molar-refractivity contribution is -0.118. The number of anilines is 3. The predicted molar refractivity (Wildman–Crippen MR) is 135 cm³/mol. The third-order valence-corrected chi connectivity index (χ3v) is 6.12. The van der Waals surface area contributed by atoms with Crippen LogP contribution in [-0.2, 0) is 4.79 Å². The van der Waals surface area contributed by atoms with E-state index in [9.17, 15) is 9.59 Å². The van der Waals surface area contributed by atoms with Crippen LogP contribution in [0.2, 0.25) is 0 Å². The molecule has 2 aromatic carbocycles. The highest BCUT2D eigenvalue weighted by molar-refractivity contribution is 6.02. The Balaban J connectivity index is 1.85. The minimum Gasteiger partial charge on any atom is -0.495 e. The molecule has 0 saturated carbocycles. The number of nitrogens with zero attached hydrogens (tertiary/aromatic N) is 3. The van der Waals surface area contributed by atoms with Gasteiger partial charge in [0, 0.05) is 56.6 Å². The fraction of sp³-hybridized carbons (Fsp3) is 0.462. The molecule has 0 aromatic heterocycles. The maximum atomic E-state index is 13.4. The summed E-state index contributed by atoms with van der Waals surface area (Å²) in [5.74, 6) is 0.667. The molecule has 2 aromatic rings. The number of ether oxygens (including phenoxy) is 1. The smallest absolute Gasteiger partial charge is 0.256 e. The first kappa shape index (κ1) is 24.4. The molecule has 1 saturated heterocycles. The Bertz CT molecular complexity index is 964. The standard InChI is InChI=1S/C26H36N4O3/c1-6-28(7-2)26(32)21-18-20(27-25(31)19(3)4)12-13-22(21)29-14-16-30(17-15-29)23-10-8-9-11-24(23)33-5/h8-13,18-19H,6-7,14-17H2,1-5H3,(H,27,31). The second-order valence-corrected chi connectivity index (χ2v) is 8.50. The van der Waals surface area contributed by atoms with E-state index in [0.717, 1.165) is 43.3 Å². The Morgan fingerprint density at radius 1 is 0.970 bits per heavy atom. The highest BCUT2D eigenvalue weighted by atomic mass is 16.5. The second kappa shape index (κ2) is 11.1. The van der Waals surface area contributed by atoms with Gasteiger partial charge in [0.25, 0.3) is 5.91 Å². The minimum absolute atomic E-state index is 0.0113. The number of para-hydroxylation sites is 2. The third-order valence-electron chi connectivity index (χ3n) is 6.12. The van der Waals surface area contributed by atoms with Crippen molar-refractivity contribution < 1.29 is 14.3 Å². The van der Waals surface area contributed by atoms with Crippen LogP contribution in [0.15, 0.2) is 42.5 Å². The largest absolute Gasteiger partial charge is 0.495 e. The van der Waals surface area contributed by atoms with E-state index in [2.05, 4.69) is 21.2 Å². The van der Waals surface area contributed by atoms with Crippen LogP contribution in [0.4, 0.5) is 17.1 Å². The number of nitrogens with one attached hydrogen (secondary N) is 1. The van der Waals surface area contributed by atoms with Crippen LogP contribution < -0.4 is 19.9 Å². The molecule has 1 aliphatic heterocycles. The topological polar surface area (TPSA) is 65.1 Å². The van der Waals surface area contributed by atoms with Crippen molar-refractivity contribution in [3.63, 3.8) is 0 Å². The number of hydrogen-bond acceptors (Lipinski definition) is 5. The Morgan fingerprint density at radius 2 is 1.58 bits per heavy atom. The molecular formula is C26H36N4O3. The molecule has 7 heteroatoms. The van der Waals surface area contributed by atoms with Gasteiger partial charge in [0.1, 0.15) is 5.75 Å². The van der Waals surface area contributed by atoms with Gasteiger partial charge < -0.3 is 24.8 Å². The van der Waals surface area contributed by atoms with Gasteiger partial charge in [-0.25, -0.2) is 0 Å². The van der Waals surface area contributed by atoms with E-state index in [4.69, 9.17) is 4.74 Å². The van der Waals surface area contributed by atoms with Gasteiger partial charge >= 0.3 is 0 Å². The number of carbonyl (C=O) groups excluding carboxylic acids is 2. The Morgan fingerprint density at radius 3 is 2.15 bits per heavy atom. The number of methoxy groups -OCH3 is 1. The molecule has 33 heavy (non-hydrogen) atoms. The number of rotatable bonds is 8. The Labute approximate surface area is 197 Å². The van der Waals surface area contributed by atoms with Gasteiger partial charge in [-0.05, 0) is 44.2 Å². The number of hydrogen-bond donors (Lipinski definition) is 1. The van der Waals surface area contributed by atoms with E-state index in [-0.39, 0.29) is 17.7 Å². The molecule has 2 amide bonds. The monoisotopic (exact) mass is 452 g/mol. The van der Waals surface area contributed by atoms with Gasteiger partial charge in [-0.1, -0.05) is 26.0 Å². The van der Waals surface area contributed by atoms with Gasteiger partial charge in [-0.3, -0.25) is 9.59 Å². The van der Waals surface area contributed by atoms with Crippen LogP contribution in [0.1, 0.15) is 38.1 Å². The van der Waals surface area contributed by atoms with Gasteiger partial charge in [0.05, 0.1) is 18.4 Å². The van der Waals surface area contributed by atoms with E-state index < -0.39 is 0 Å². The summed E-state index contributed by atoms with van der Waals surface area (Å²) in [6.45, 7) is 12.2. The summed E-state index contributed by atoms with van der Waals surface area (Å²) in [6.07, 6.45) is 0. The molecule has 1 fully saturated rings. The quantitative estimate of drug-likeness (QED) is 0.653. The van der Waals surface area contributed by atoms with Crippen molar-refractivity contribution in [1.29, 1.82) is 0 Å². The van der Waals surface area contributed by atoms with Crippen LogP contribution in [0, 0.1) is 5.92 Å². The molecular weight excluding hydrogens is 416 g/mol. The molecule has 3 rings (SSSR count). The van der Waals surface area contributed by atoms with Crippen molar-refractivity contribution in [2.45, 2.75) is 27.7 Å². The lowest BCUT2D eigenvalue weighted by atomic mass is 10.1. The Kier molecular flexibility index (Phi) is 8.20. The minimum atomic E-state index is -0.130. The normalized spacial score (nSPS) is 13.8. The molecule has 0 unspecified atom stereocenters. The molecule has 1 heterocycles. The number of benzene rings is 2. The van der Waals surface area contributed by atoms with Crippen LogP contribution in [0.25, 0.3) is 0 Å². The fourth-order valence-electron chi connectivity index (χ4n) is 4.11. The summed E-state index contributed by atoms with van der Waals surface area (Å²) >= 11 is 0. The average Bonchev–Trinajstić information content (AvgIpc) is 2.84.